The van der Waals surface area contributed by atoms with E-state index < -0.39 is 5.91 Å². The third-order valence-corrected chi connectivity index (χ3v) is 7.13. The van der Waals surface area contributed by atoms with Gasteiger partial charge in [-0.1, -0.05) is 71.2 Å². The molecule has 0 saturated heterocycles. The molecule has 0 radical (unpaired) electrons. The van der Waals surface area contributed by atoms with Gasteiger partial charge in [0.1, 0.15) is 5.70 Å². The van der Waals surface area contributed by atoms with Crippen LogP contribution in [0.4, 0.5) is 11.4 Å². The Bertz CT molecular complexity index is 1560. The zero-order valence-corrected chi connectivity index (χ0v) is 23.7. The first kappa shape index (κ1) is 29.0. The summed E-state index contributed by atoms with van der Waals surface area (Å²) in [6, 6.07) is 28.2. The number of amides is 3. The zero-order chi connectivity index (χ0) is 28.5. The van der Waals surface area contributed by atoms with Crippen LogP contribution in [0.25, 0.3) is 6.08 Å². The molecule has 0 fully saturated rings. The molecule has 0 spiro atoms. The maximum atomic E-state index is 13.2. The SMILES string of the molecule is Cc1cccc(/C=C(\NC(=O)c2ccccc2)C(=O)Nc2ccc(SCC(=O)Nc3ccc(Cl)cc3Cl)cc2)c1. The third kappa shape index (κ3) is 8.48. The van der Waals surface area contributed by atoms with Crippen molar-refractivity contribution in [1.29, 1.82) is 0 Å². The first-order valence-electron chi connectivity index (χ1n) is 12.2. The molecule has 40 heavy (non-hydrogen) atoms. The number of carbonyl (C=O) groups excluding carboxylic acids is 3. The van der Waals surface area contributed by atoms with E-state index in [1.54, 1.807) is 72.8 Å². The Balaban J connectivity index is 1.40. The molecular weight excluding hydrogens is 565 g/mol. The van der Waals surface area contributed by atoms with E-state index in [1.165, 1.54) is 11.8 Å². The van der Waals surface area contributed by atoms with Gasteiger partial charge >= 0.3 is 0 Å². The van der Waals surface area contributed by atoms with E-state index in [-0.39, 0.29) is 23.3 Å². The second-order valence-corrected chi connectivity index (χ2v) is 10.6. The lowest BCUT2D eigenvalue weighted by Gasteiger charge is -2.12. The van der Waals surface area contributed by atoms with E-state index in [2.05, 4.69) is 16.0 Å². The van der Waals surface area contributed by atoms with Gasteiger partial charge in [-0.2, -0.15) is 0 Å². The molecule has 0 atom stereocenters. The van der Waals surface area contributed by atoms with Crippen molar-refractivity contribution < 1.29 is 14.4 Å². The number of hydrogen-bond donors (Lipinski definition) is 3. The molecule has 0 aromatic heterocycles. The van der Waals surface area contributed by atoms with Crippen LogP contribution in [0.1, 0.15) is 21.5 Å². The molecule has 6 nitrogen and oxygen atoms in total. The van der Waals surface area contributed by atoms with Gasteiger partial charge < -0.3 is 16.0 Å². The van der Waals surface area contributed by atoms with Crippen LogP contribution < -0.4 is 16.0 Å². The molecule has 0 aliphatic heterocycles. The maximum absolute atomic E-state index is 13.2. The summed E-state index contributed by atoms with van der Waals surface area (Å²) >= 11 is 13.3. The lowest BCUT2D eigenvalue weighted by atomic mass is 10.1. The predicted octanol–water partition coefficient (Wildman–Crippen LogP) is 7.44. The standard InChI is InChI=1S/C31H25Cl2N3O3S/c1-20-6-5-7-21(16-20)17-28(36-30(38)22-8-3-2-4-9-22)31(39)34-24-11-13-25(14-12-24)40-19-29(37)35-27-15-10-23(32)18-26(27)33/h2-18H,19H2,1H3,(H,34,39)(H,35,37)(H,36,38)/b28-17-. The number of thioether (sulfide) groups is 1. The van der Waals surface area contributed by atoms with Crippen molar-refractivity contribution in [3.05, 3.63) is 129 Å². The van der Waals surface area contributed by atoms with E-state index in [4.69, 9.17) is 23.2 Å². The summed E-state index contributed by atoms with van der Waals surface area (Å²) in [7, 11) is 0. The number of nitrogens with one attached hydrogen (secondary N) is 3. The lowest BCUT2D eigenvalue weighted by Crippen LogP contribution is -2.30. The maximum Gasteiger partial charge on any atom is 0.272 e. The molecule has 0 aliphatic carbocycles. The van der Waals surface area contributed by atoms with Crippen LogP contribution in [0.3, 0.4) is 0 Å². The Morgan fingerprint density at radius 3 is 2.27 bits per heavy atom. The first-order chi connectivity index (χ1) is 19.3. The summed E-state index contributed by atoms with van der Waals surface area (Å²) in [5, 5.41) is 9.18. The minimum atomic E-state index is -0.467. The van der Waals surface area contributed by atoms with Crippen LogP contribution >= 0.6 is 35.0 Å². The van der Waals surface area contributed by atoms with Gasteiger partial charge in [0.15, 0.2) is 0 Å². The van der Waals surface area contributed by atoms with Crippen LogP contribution in [-0.2, 0) is 9.59 Å². The fourth-order valence-corrected chi connectivity index (χ4v) is 4.78. The quantitative estimate of drug-likeness (QED) is 0.140. The summed E-state index contributed by atoms with van der Waals surface area (Å²) in [5.41, 5.74) is 3.38. The van der Waals surface area contributed by atoms with Crippen molar-refractivity contribution in [1.82, 2.24) is 5.32 Å². The number of benzene rings is 4. The topological polar surface area (TPSA) is 87.3 Å². The summed E-state index contributed by atoms with van der Waals surface area (Å²) in [4.78, 5) is 39.2. The summed E-state index contributed by atoms with van der Waals surface area (Å²) in [6.07, 6.45) is 1.64. The van der Waals surface area contributed by atoms with Gasteiger partial charge in [0, 0.05) is 21.2 Å². The van der Waals surface area contributed by atoms with Gasteiger partial charge in [0.05, 0.1) is 16.5 Å². The van der Waals surface area contributed by atoms with Crippen molar-refractivity contribution in [3.63, 3.8) is 0 Å². The molecule has 4 aromatic carbocycles. The van der Waals surface area contributed by atoms with E-state index in [9.17, 15) is 14.4 Å². The fraction of sp³-hybridized carbons (Fsp3) is 0.0645. The Kier molecular flexibility index (Phi) is 10.0. The lowest BCUT2D eigenvalue weighted by molar-refractivity contribution is -0.114. The number of rotatable bonds is 9. The molecule has 0 aliphatic rings. The summed E-state index contributed by atoms with van der Waals surface area (Å²) < 4.78 is 0. The average Bonchev–Trinajstić information content (AvgIpc) is 2.94. The normalized spacial score (nSPS) is 11.0. The number of hydrogen-bond acceptors (Lipinski definition) is 4. The third-order valence-electron chi connectivity index (χ3n) is 5.57. The second-order valence-electron chi connectivity index (χ2n) is 8.73. The van der Waals surface area contributed by atoms with Gasteiger partial charge in [0.2, 0.25) is 5.91 Å². The number of anilines is 2. The van der Waals surface area contributed by atoms with E-state index in [0.717, 1.165) is 16.0 Å². The highest BCUT2D eigenvalue weighted by Gasteiger charge is 2.15. The molecule has 0 heterocycles. The molecular formula is C31H25Cl2N3O3S. The zero-order valence-electron chi connectivity index (χ0n) is 21.4. The highest BCUT2D eigenvalue weighted by molar-refractivity contribution is 8.00. The van der Waals surface area contributed by atoms with Crippen LogP contribution in [0, 0.1) is 6.92 Å². The van der Waals surface area contributed by atoms with Gasteiger partial charge in [0.25, 0.3) is 11.8 Å². The molecule has 0 bridgehead atoms. The van der Waals surface area contributed by atoms with Crippen LogP contribution in [0.15, 0.2) is 108 Å². The van der Waals surface area contributed by atoms with E-state index in [1.807, 2.05) is 37.3 Å². The number of carbonyl (C=O) groups is 3. The highest BCUT2D eigenvalue weighted by Crippen LogP contribution is 2.26. The largest absolute Gasteiger partial charge is 0.324 e. The monoisotopic (exact) mass is 589 g/mol. The van der Waals surface area contributed by atoms with Crippen molar-refractivity contribution in [3.8, 4) is 0 Å². The molecule has 202 valence electrons. The van der Waals surface area contributed by atoms with Gasteiger partial charge in [-0.3, -0.25) is 14.4 Å². The van der Waals surface area contributed by atoms with Crippen LogP contribution in [-0.4, -0.2) is 23.5 Å². The smallest absolute Gasteiger partial charge is 0.272 e. The van der Waals surface area contributed by atoms with Crippen LogP contribution in [0.2, 0.25) is 10.0 Å². The molecule has 3 amide bonds. The van der Waals surface area contributed by atoms with Crippen molar-refractivity contribution in [2.45, 2.75) is 11.8 Å². The fourth-order valence-electron chi connectivity index (χ4n) is 3.63. The summed E-state index contributed by atoms with van der Waals surface area (Å²) in [5.74, 6) is -0.906. The Labute approximate surface area is 246 Å². The molecule has 0 saturated carbocycles. The van der Waals surface area contributed by atoms with Crippen molar-refractivity contribution >= 4 is 70.1 Å². The summed E-state index contributed by atoms with van der Waals surface area (Å²) in [6.45, 7) is 1.95. The van der Waals surface area contributed by atoms with E-state index >= 15 is 0 Å². The Hall–Kier alpha value is -4.04. The van der Waals surface area contributed by atoms with Crippen molar-refractivity contribution in [2.75, 3.05) is 16.4 Å². The van der Waals surface area contributed by atoms with E-state index in [0.29, 0.717) is 27.0 Å². The average molecular weight is 591 g/mol. The minimum Gasteiger partial charge on any atom is -0.324 e. The predicted molar refractivity (Wildman–Crippen MR) is 164 cm³/mol. The number of aryl methyl sites for hydroxylation is 1. The van der Waals surface area contributed by atoms with Gasteiger partial charge in [-0.05, 0) is 73.2 Å². The molecule has 4 aromatic rings. The molecule has 3 N–H and O–H groups in total. The Morgan fingerprint density at radius 2 is 1.57 bits per heavy atom. The molecule has 4 rings (SSSR count). The van der Waals surface area contributed by atoms with Crippen molar-refractivity contribution in [2.24, 2.45) is 0 Å². The second kappa shape index (κ2) is 13.8. The van der Waals surface area contributed by atoms with Gasteiger partial charge in [-0.25, -0.2) is 0 Å². The molecule has 9 heteroatoms. The first-order valence-corrected chi connectivity index (χ1v) is 13.9. The minimum absolute atomic E-state index is 0.107. The van der Waals surface area contributed by atoms with Crippen LogP contribution in [0.5, 0.6) is 0 Å². The Morgan fingerprint density at radius 1 is 0.825 bits per heavy atom. The van der Waals surface area contributed by atoms with Gasteiger partial charge in [-0.15, -0.1) is 11.8 Å². The molecule has 0 unspecified atom stereocenters. The number of halogens is 2. The highest BCUT2D eigenvalue weighted by atomic mass is 35.5.